The van der Waals surface area contributed by atoms with E-state index in [9.17, 15) is 5.11 Å². The smallest absolute Gasteiger partial charge is 0.0645 e. The Morgan fingerprint density at radius 1 is 1.24 bits per heavy atom. The first-order chi connectivity index (χ1) is 8.31. The molecule has 0 saturated heterocycles. The summed E-state index contributed by atoms with van der Waals surface area (Å²) in [4.78, 5) is 0. The molecule has 3 rings (SSSR count). The molecule has 0 atom stereocenters. The molecule has 1 aliphatic carbocycles. The number of aromatic nitrogens is 2. The van der Waals surface area contributed by atoms with Gasteiger partial charge in [0.05, 0.1) is 5.69 Å². The summed E-state index contributed by atoms with van der Waals surface area (Å²) < 4.78 is 1.85. The molecule has 3 heteroatoms. The lowest BCUT2D eigenvalue weighted by Crippen LogP contribution is -2.10. The van der Waals surface area contributed by atoms with Crippen molar-refractivity contribution in [2.45, 2.75) is 19.3 Å². The highest BCUT2D eigenvalue weighted by Gasteiger charge is 2.41. The lowest BCUT2D eigenvalue weighted by atomic mass is 9.97. The van der Waals surface area contributed by atoms with Gasteiger partial charge < -0.3 is 5.11 Å². The van der Waals surface area contributed by atoms with Crippen molar-refractivity contribution < 1.29 is 5.11 Å². The zero-order chi connectivity index (χ0) is 11.7. The fraction of sp³-hybridized carbons (Fsp3) is 0.357. The van der Waals surface area contributed by atoms with Gasteiger partial charge in [-0.05, 0) is 48.4 Å². The monoisotopic (exact) mass is 228 g/mol. The molecule has 17 heavy (non-hydrogen) atoms. The van der Waals surface area contributed by atoms with E-state index in [1.807, 2.05) is 16.9 Å². The van der Waals surface area contributed by atoms with Crippen molar-refractivity contribution >= 4 is 0 Å². The zero-order valence-electron chi connectivity index (χ0n) is 9.71. The number of aliphatic hydroxyl groups is 1. The normalized spacial score (nSPS) is 17.0. The Morgan fingerprint density at radius 2 is 2.00 bits per heavy atom. The van der Waals surface area contributed by atoms with Gasteiger partial charge in [-0.1, -0.05) is 12.1 Å². The Balaban J connectivity index is 1.76. The molecular weight excluding hydrogens is 212 g/mol. The minimum Gasteiger partial charge on any atom is -0.396 e. The third kappa shape index (κ3) is 2.11. The fourth-order valence-corrected chi connectivity index (χ4v) is 2.19. The maximum absolute atomic E-state index is 9.31. The molecule has 0 amide bonds. The SMILES string of the molecule is OCC1(Cc2ccc(-n3cccn3)cc2)CC1. The van der Waals surface area contributed by atoms with Gasteiger partial charge in [0.2, 0.25) is 0 Å². The molecule has 0 aliphatic heterocycles. The van der Waals surface area contributed by atoms with Gasteiger partial charge in [0.15, 0.2) is 0 Å². The molecule has 88 valence electrons. The van der Waals surface area contributed by atoms with Crippen molar-refractivity contribution in [2.75, 3.05) is 6.61 Å². The molecule has 0 unspecified atom stereocenters. The van der Waals surface area contributed by atoms with Crippen molar-refractivity contribution in [3.63, 3.8) is 0 Å². The molecule has 0 spiro atoms. The minimum atomic E-state index is 0.188. The Labute approximate surface area is 101 Å². The maximum atomic E-state index is 9.31. The van der Waals surface area contributed by atoms with E-state index in [4.69, 9.17) is 0 Å². The Kier molecular flexibility index (Phi) is 2.48. The van der Waals surface area contributed by atoms with Crippen LogP contribution in [0.1, 0.15) is 18.4 Å². The number of rotatable bonds is 4. The summed E-state index contributed by atoms with van der Waals surface area (Å²) in [6.07, 6.45) is 7.02. The summed E-state index contributed by atoms with van der Waals surface area (Å²) >= 11 is 0. The second kappa shape index (κ2) is 4.00. The Morgan fingerprint density at radius 3 is 2.53 bits per heavy atom. The molecule has 1 saturated carbocycles. The first-order valence-corrected chi connectivity index (χ1v) is 6.01. The van der Waals surface area contributed by atoms with Crippen LogP contribution in [-0.4, -0.2) is 21.5 Å². The van der Waals surface area contributed by atoms with Crippen LogP contribution in [0.15, 0.2) is 42.7 Å². The summed E-state index contributed by atoms with van der Waals surface area (Å²) in [6, 6.07) is 10.3. The summed E-state index contributed by atoms with van der Waals surface area (Å²) in [5, 5.41) is 13.5. The molecular formula is C14H16N2O. The van der Waals surface area contributed by atoms with E-state index in [1.54, 1.807) is 6.20 Å². The fourth-order valence-electron chi connectivity index (χ4n) is 2.19. The first-order valence-electron chi connectivity index (χ1n) is 6.01. The van der Waals surface area contributed by atoms with Gasteiger partial charge in [-0.15, -0.1) is 0 Å². The van der Waals surface area contributed by atoms with E-state index in [2.05, 4.69) is 29.4 Å². The van der Waals surface area contributed by atoms with Gasteiger partial charge in [0, 0.05) is 19.0 Å². The Hall–Kier alpha value is -1.61. The van der Waals surface area contributed by atoms with Gasteiger partial charge in [0.25, 0.3) is 0 Å². The van der Waals surface area contributed by atoms with Gasteiger partial charge in [-0.2, -0.15) is 5.10 Å². The highest BCUT2D eigenvalue weighted by atomic mass is 16.3. The van der Waals surface area contributed by atoms with Crippen LogP contribution < -0.4 is 0 Å². The minimum absolute atomic E-state index is 0.188. The first kappa shape index (κ1) is 10.5. The molecule has 1 aromatic heterocycles. The molecule has 1 heterocycles. The topological polar surface area (TPSA) is 38.0 Å². The summed E-state index contributed by atoms with van der Waals surface area (Å²) in [7, 11) is 0. The van der Waals surface area contributed by atoms with Gasteiger partial charge in [-0.25, -0.2) is 4.68 Å². The van der Waals surface area contributed by atoms with Gasteiger partial charge >= 0.3 is 0 Å². The molecule has 1 aromatic carbocycles. The van der Waals surface area contributed by atoms with Crippen LogP contribution in [0.4, 0.5) is 0 Å². The van der Waals surface area contributed by atoms with Crippen LogP contribution in [0.25, 0.3) is 5.69 Å². The summed E-state index contributed by atoms with van der Waals surface area (Å²) in [5.74, 6) is 0. The van der Waals surface area contributed by atoms with E-state index in [-0.39, 0.29) is 5.41 Å². The average molecular weight is 228 g/mol. The van der Waals surface area contributed by atoms with E-state index >= 15 is 0 Å². The Bertz CT molecular complexity index is 483. The van der Waals surface area contributed by atoms with Crippen LogP contribution in [-0.2, 0) is 6.42 Å². The van der Waals surface area contributed by atoms with Crippen molar-refractivity contribution in [1.29, 1.82) is 0 Å². The lowest BCUT2D eigenvalue weighted by Gasteiger charge is -2.11. The second-order valence-corrected chi connectivity index (χ2v) is 4.95. The van der Waals surface area contributed by atoms with Crippen molar-refractivity contribution in [2.24, 2.45) is 5.41 Å². The number of nitrogens with zero attached hydrogens (tertiary/aromatic N) is 2. The number of aliphatic hydroxyl groups excluding tert-OH is 1. The average Bonchev–Trinajstić information content (AvgIpc) is 2.92. The van der Waals surface area contributed by atoms with Crippen LogP contribution in [0.5, 0.6) is 0 Å². The number of hydrogen-bond donors (Lipinski definition) is 1. The third-order valence-corrected chi connectivity index (χ3v) is 3.58. The van der Waals surface area contributed by atoms with E-state index in [0.29, 0.717) is 6.61 Å². The molecule has 1 fully saturated rings. The van der Waals surface area contributed by atoms with E-state index in [0.717, 1.165) is 24.9 Å². The predicted octanol–water partition coefficient (Wildman–Crippen LogP) is 2.19. The van der Waals surface area contributed by atoms with Crippen LogP contribution in [0, 0.1) is 5.41 Å². The van der Waals surface area contributed by atoms with Crippen LogP contribution in [0.3, 0.4) is 0 Å². The second-order valence-electron chi connectivity index (χ2n) is 4.95. The number of benzene rings is 1. The van der Waals surface area contributed by atoms with E-state index < -0.39 is 0 Å². The maximum Gasteiger partial charge on any atom is 0.0645 e. The predicted molar refractivity (Wildman–Crippen MR) is 66.0 cm³/mol. The van der Waals surface area contributed by atoms with Gasteiger partial charge in [-0.3, -0.25) is 0 Å². The zero-order valence-corrected chi connectivity index (χ0v) is 9.71. The standard InChI is InChI=1S/C14H16N2O/c17-11-14(6-7-14)10-12-2-4-13(5-3-12)16-9-1-8-15-16/h1-5,8-9,17H,6-7,10-11H2. The molecule has 1 N–H and O–H groups in total. The summed E-state index contributed by atoms with van der Waals surface area (Å²) in [6.45, 7) is 0.313. The molecule has 1 aliphatic rings. The number of hydrogen-bond acceptors (Lipinski definition) is 2. The quantitative estimate of drug-likeness (QED) is 0.871. The summed E-state index contributed by atoms with van der Waals surface area (Å²) in [5.41, 5.74) is 2.56. The molecule has 2 aromatic rings. The lowest BCUT2D eigenvalue weighted by molar-refractivity contribution is 0.211. The van der Waals surface area contributed by atoms with E-state index in [1.165, 1.54) is 5.56 Å². The van der Waals surface area contributed by atoms with Crippen molar-refractivity contribution in [3.05, 3.63) is 48.3 Å². The highest BCUT2D eigenvalue weighted by Crippen LogP contribution is 2.47. The third-order valence-electron chi connectivity index (χ3n) is 3.58. The van der Waals surface area contributed by atoms with Crippen molar-refractivity contribution in [1.82, 2.24) is 9.78 Å². The van der Waals surface area contributed by atoms with Crippen LogP contribution >= 0.6 is 0 Å². The highest BCUT2D eigenvalue weighted by molar-refractivity contribution is 5.34. The molecule has 3 nitrogen and oxygen atoms in total. The molecule has 0 radical (unpaired) electrons. The van der Waals surface area contributed by atoms with Gasteiger partial charge in [0.1, 0.15) is 0 Å². The molecule has 0 bridgehead atoms. The van der Waals surface area contributed by atoms with Crippen LogP contribution in [0.2, 0.25) is 0 Å². The largest absolute Gasteiger partial charge is 0.396 e. The van der Waals surface area contributed by atoms with Crippen molar-refractivity contribution in [3.8, 4) is 5.69 Å².